The van der Waals surface area contributed by atoms with Crippen LogP contribution in [0.2, 0.25) is 0 Å². The van der Waals surface area contributed by atoms with E-state index >= 15 is 0 Å². The first-order valence-electron chi connectivity index (χ1n) is 6.56. The number of carboxylic acid groups (broad SMARTS) is 1. The predicted octanol–water partition coefficient (Wildman–Crippen LogP) is 1.27. The first-order valence-corrected chi connectivity index (χ1v) is 6.56. The van der Waals surface area contributed by atoms with E-state index in [2.05, 4.69) is 17.3 Å². The average Bonchev–Trinajstić information content (AvgIpc) is 2.24. The fourth-order valence-electron chi connectivity index (χ4n) is 3.06. The Labute approximate surface area is 104 Å². The number of piperidine rings is 1. The van der Waals surface area contributed by atoms with E-state index in [1.807, 2.05) is 20.9 Å². The third kappa shape index (κ3) is 3.68. The Morgan fingerprint density at radius 2 is 2.12 bits per heavy atom. The van der Waals surface area contributed by atoms with Gasteiger partial charge in [0.2, 0.25) is 0 Å². The van der Waals surface area contributed by atoms with Gasteiger partial charge in [0.25, 0.3) is 0 Å². The molecule has 3 unspecified atom stereocenters. The van der Waals surface area contributed by atoms with Crippen molar-refractivity contribution in [3.05, 3.63) is 0 Å². The molecule has 0 saturated carbocycles. The number of carbonyl (C=O) groups is 1. The second kappa shape index (κ2) is 6.36. The maximum atomic E-state index is 11.4. The molecule has 1 aliphatic heterocycles. The van der Waals surface area contributed by atoms with Crippen LogP contribution in [0, 0.1) is 17.8 Å². The van der Waals surface area contributed by atoms with Crippen molar-refractivity contribution in [2.45, 2.75) is 32.7 Å². The summed E-state index contributed by atoms with van der Waals surface area (Å²) in [7, 11) is 4.00. The SMILES string of the molecule is CNC(C1CCCN(C)C1)C(C(=O)O)C(C)C. The van der Waals surface area contributed by atoms with Crippen molar-refractivity contribution < 1.29 is 9.90 Å². The molecule has 0 spiro atoms. The topological polar surface area (TPSA) is 52.6 Å². The van der Waals surface area contributed by atoms with Gasteiger partial charge in [0, 0.05) is 12.6 Å². The van der Waals surface area contributed by atoms with Gasteiger partial charge < -0.3 is 15.3 Å². The maximum absolute atomic E-state index is 11.4. The van der Waals surface area contributed by atoms with Crippen LogP contribution >= 0.6 is 0 Å². The van der Waals surface area contributed by atoms with Gasteiger partial charge in [-0.2, -0.15) is 0 Å². The van der Waals surface area contributed by atoms with Gasteiger partial charge in [-0.25, -0.2) is 0 Å². The molecule has 0 aromatic heterocycles. The van der Waals surface area contributed by atoms with E-state index < -0.39 is 5.97 Å². The number of hydrogen-bond acceptors (Lipinski definition) is 3. The molecule has 1 aliphatic rings. The van der Waals surface area contributed by atoms with E-state index in [9.17, 15) is 9.90 Å². The summed E-state index contributed by atoms with van der Waals surface area (Å²) in [4.78, 5) is 13.7. The Kier molecular flexibility index (Phi) is 5.40. The van der Waals surface area contributed by atoms with E-state index in [-0.39, 0.29) is 17.9 Å². The molecule has 0 amide bonds. The van der Waals surface area contributed by atoms with Gasteiger partial charge in [0.05, 0.1) is 5.92 Å². The maximum Gasteiger partial charge on any atom is 0.308 e. The highest BCUT2D eigenvalue weighted by Crippen LogP contribution is 2.27. The van der Waals surface area contributed by atoms with Gasteiger partial charge >= 0.3 is 5.97 Å². The summed E-state index contributed by atoms with van der Waals surface area (Å²) in [5.74, 6) is -0.358. The molecule has 4 nitrogen and oxygen atoms in total. The van der Waals surface area contributed by atoms with Crippen molar-refractivity contribution in [2.24, 2.45) is 17.8 Å². The van der Waals surface area contributed by atoms with Crippen LogP contribution in [0.4, 0.5) is 0 Å². The number of hydrogen-bond donors (Lipinski definition) is 2. The molecule has 0 radical (unpaired) electrons. The molecule has 2 N–H and O–H groups in total. The molecule has 4 heteroatoms. The Morgan fingerprint density at radius 1 is 1.47 bits per heavy atom. The monoisotopic (exact) mass is 242 g/mol. The lowest BCUT2D eigenvalue weighted by molar-refractivity contribution is -0.145. The zero-order valence-corrected chi connectivity index (χ0v) is 11.4. The molecular weight excluding hydrogens is 216 g/mol. The summed E-state index contributed by atoms with van der Waals surface area (Å²) >= 11 is 0. The normalized spacial score (nSPS) is 25.8. The zero-order valence-electron chi connectivity index (χ0n) is 11.4. The van der Waals surface area contributed by atoms with Crippen LogP contribution in [0.25, 0.3) is 0 Å². The molecule has 1 saturated heterocycles. The van der Waals surface area contributed by atoms with Gasteiger partial charge in [0.15, 0.2) is 0 Å². The van der Waals surface area contributed by atoms with Gasteiger partial charge in [-0.1, -0.05) is 13.8 Å². The summed E-state index contributed by atoms with van der Waals surface area (Å²) in [5, 5.41) is 12.6. The van der Waals surface area contributed by atoms with Crippen LogP contribution in [0.15, 0.2) is 0 Å². The first-order chi connectivity index (χ1) is 7.97. The number of carboxylic acids is 1. The van der Waals surface area contributed by atoms with E-state index in [1.54, 1.807) is 0 Å². The molecule has 100 valence electrons. The molecule has 0 aliphatic carbocycles. The van der Waals surface area contributed by atoms with Crippen molar-refractivity contribution in [1.29, 1.82) is 0 Å². The summed E-state index contributed by atoms with van der Waals surface area (Å²) in [6, 6.07) is 0.0789. The van der Waals surface area contributed by atoms with Crippen LogP contribution in [0.5, 0.6) is 0 Å². The lowest BCUT2D eigenvalue weighted by Crippen LogP contribution is -2.50. The first kappa shape index (κ1) is 14.5. The average molecular weight is 242 g/mol. The quantitative estimate of drug-likeness (QED) is 0.762. The molecular formula is C13H26N2O2. The number of aliphatic carboxylic acids is 1. The Morgan fingerprint density at radius 3 is 2.53 bits per heavy atom. The summed E-state index contributed by atoms with van der Waals surface area (Å²) in [5.41, 5.74) is 0. The lowest BCUT2D eigenvalue weighted by Gasteiger charge is -2.38. The van der Waals surface area contributed by atoms with Crippen molar-refractivity contribution in [3.8, 4) is 0 Å². The van der Waals surface area contributed by atoms with Gasteiger partial charge in [-0.05, 0) is 45.3 Å². The Balaban J connectivity index is 2.77. The highest BCUT2D eigenvalue weighted by Gasteiger charge is 2.36. The molecule has 0 aromatic carbocycles. The third-order valence-electron chi connectivity index (χ3n) is 3.89. The van der Waals surface area contributed by atoms with Crippen molar-refractivity contribution >= 4 is 5.97 Å². The summed E-state index contributed by atoms with van der Waals surface area (Å²) in [6.07, 6.45) is 2.30. The molecule has 1 rings (SSSR count). The van der Waals surface area contributed by atoms with Gasteiger partial charge in [0.1, 0.15) is 0 Å². The van der Waals surface area contributed by atoms with Crippen LogP contribution in [0.3, 0.4) is 0 Å². The number of nitrogens with one attached hydrogen (secondary N) is 1. The zero-order chi connectivity index (χ0) is 13.0. The number of likely N-dealkylation sites (tertiary alicyclic amines) is 1. The molecule has 0 bridgehead atoms. The highest BCUT2D eigenvalue weighted by molar-refractivity contribution is 5.71. The predicted molar refractivity (Wildman–Crippen MR) is 69.0 cm³/mol. The van der Waals surface area contributed by atoms with E-state index in [0.717, 1.165) is 19.5 Å². The second-order valence-electron chi connectivity index (χ2n) is 5.59. The second-order valence-corrected chi connectivity index (χ2v) is 5.59. The minimum Gasteiger partial charge on any atom is -0.481 e. The van der Waals surface area contributed by atoms with Crippen LogP contribution in [0.1, 0.15) is 26.7 Å². The number of rotatable bonds is 5. The molecule has 1 heterocycles. The van der Waals surface area contributed by atoms with Crippen molar-refractivity contribution in [2.75, 3.05) is 27.2 Å². The Hall–Kier alpha value is -0.610. The number of nitrogens with zero attached hydrogens (tertiary/aromatic N) is 1. The lowest BCUT2D eigenvalue weighted by atomic mass is 9.78. The van der Waals surface area contributed by atoms with E-state index in [4.69, 9.17) is 0 Å². The van der Waals surface area contributed by atoms with Crippen LogP contribution < -0.4 is 5.32 Å². The fraction of sp³-hybridized carbons (Fsp3) is 0.923. The highest BCUT2D eigenvalue weighted by atomic mass is 16.4. The molecule has 1 fully saturated rings. The Bertz CT molecular complexity index is 256. The standard InChI is InChI=1S/C13H26N2O2/c1-9(2)11(13(16)17)12(14-3)10-6-5-7-15(4)8-10/h9-12,14H,5-8H2,1-4H3,(H,16,17). The largest absolute Gasteiger partial charge is 0.481 e. The van der Waals surface area contributed by atoms with Gasteiger partial charge in [-0.15, -0.1) is 0 Å². The van der Waals surface area contributed by atoms with Crippen LogP contribution in [-0.2, 0) is 4.79 Å². The minimum absolute atomic E-state index is 0.0789. The smallest absolute Gasteiger partial charge is 0.308 e. The molecule has 0 aromatic rings. The fourth-order valence-corrected chi connectivity index (χ4v) is 3.06. The van der Waals surface area contributed by atoms with Crippen LogP contribution in [-0.4, -0.2) is 49.2 Å². The molecule has 3 atom stereocenters. The minimum atomic E-state index is -0.674. The third-order valence-corrected chi connectivity index (χ3v) is 3.89. The van der Waals surface area contributed by atoms with E-state index in [1.165, 1.54) is 6.42 Å². The van der Waals surface area contributed by atoms with Gasteiger partial charge in [-0.3, -0.25) is 4.79 Å². The summed E-state index contributed by atoms with van der Waals surface area (Å²) < 4.78 is 0. The summed E-state index contributed by atoms with van der Waals surface area (Å²) in [6.45, 7) is 6.12. The van der Waals surface area contributed by atoms with Crippen molar-refractivity contribution in [3.63, 3.8) is 0 Å². The van der Waals surface area contributed by atoms with Crippen molar-refractivity contribution in [1.82, 2.24) is 10.2 Å². The molecule has 17 heavy (non-hydrogen) atoms. The van der Waals surface area contributed by atoms with E-state index in [0.29, 0.717) is 5.92 Å².